The van der Waals surface area contributed by atoms with Gasteiger partial charge >= 0.3 is 5.97 Å². The van der Waals surface area contributed by atoms with E-state index < -0.39 is 17.0 Å². The molecule has 2 N–H and O–H groups in total. The average Bonchev–Trinajstić information content (AvgIpc) is 3.12. The molecule has 0 amide bonds. The number of hydrogen-bond donors (Lipinski definition) is 2. The highest BCUT2D eigenvalue weighted by molar-refractivity contribution is 5.76. The Kier molecular flexibility index (Phi) is 4.99. The monoisotopic (exact) mass is 456 g/mol. The summed E-state index contributed by atoms with van der Waals surface area (Å²) in [5.41, 5.74) is 0.225. The highest BCUT2D eigenvalue weighted by atomic mass is 16.4. The van der Waals surface area contributed by atoms with E-state index in [1.165, 1.54) is 12.0 Å². The molecule has 9 atom stereocenters. The standard InChI is InChI=1S/C30H48O3/c1-19(2)20-11-14-29(24(31)32)17-15-26(5)21(23(20)29)9-10-22-27(26,6)16-18-30(33)25(3,4)12-8-13-28(22,30)7/h20-23,33H,1,8-18H2,2-7H3,(H,31,32). The molecular formula is C30H48O3. The minimum atomic E-state index is -0.599. The van der Waals surface area contributed by atoms with Crippen LogP contribution < -0.4 is 0 Å². The normalized spacial score (nSPS) is 55.0. The van der Waals surface area contributed by atoms with E-state index in [1.54, 1.807) is 0 Å². The van der Waals surface area contributed by atoms with E-state index in [9.17, 15) is 15.0 Å². The largest absolute Gasteiger partial charge is 0.481 e. The van der Waals surface area contributed by atoms with Crippen LogP contribution in [0.3, 0.4) is 0 Å². The summed E-state index contributed by atoms with van der Waals surface area (Å²) in [7, 11) is 0. The van der Waals surface area contributed by atoms with Crippen LogP contribution in [-0.2, 0) is 4.79 Å². The van der Waals surface area contributed by atoms with Gasteiger partial charge in [-0.3, -0.25) is 4.79 Å². The van der Waals surface area contributed by atoms with Crippen molar-refractivity contribution in [3.63, 3.8) is 0 Å². The molecule has 5 fully saturated rings. The lowest BCUT2D eigenvalue weighted by atomic mass is 9.31. The fraction of sp³-hybridized carbons (Fsp3) is 0.900. The van der Waals surface area contributed by atoms with E-state index in [4.69, 9.17) is 0 Å². The molecule has 33 heavy (non-hydrogen) atoms. The summed E-state index contributed by atoms with van der Waals surface area (Å²) < 4.78 is 0. The molecular weight excluding hydrogens is 408 g/mol. The molecule has 0 bridgehead atoms. The molecule has 0 heterocycles. The Balaban J connectivity index is 1.59. The number of aliphatic hydroxyl groups is 1. The first-order valence-corrected chi connectivity index (χ1v) is 13.8. The number of allylic oxidation sites excluding steroid dienone is 1. The third-order valence-corrected chi connectivity index (χ3v) is 13.6. The number of fused-ring (bicyclic) bond motifs is 7. The van der Waals surface area contributed by atoms with Crippen LogP contribution in [0, 0.1) is 50.7 Å². The molecule has 9 unspecified atom stereocenters. The number of rotatable bonds is 2. The zero-order valence-electron chi connectivity index (χ0n) is 22.1. The zero-order chi connectivity index (χ0) is 24.2. The first kappa shape index (κ1) is 23.9. The van der Waals surface area contributed by atoms with E-state index in [0.717, 1.165) is 64.2 Å². The maximum atomic E-state index is 12.8. The van der Waals surface area contributed by atoms with Gasteiger partial charge in [0.05, 0.1) is 11.0 Å². The molecule has 0 aliphatic heterocycles. The third-order valence-electron chi connectivity index (χ3n) is 13.6. The number of hydrogen-bond acceptors (Lipinski definition) is 2. The second kappa shape index (κ2) is 6.89. The number of aliphatic carboxylic acids is 1. The van der Waals surface area contributed by atoms with E-state index in [-0.39, 0.29) is 27.6 Å². The highest BCUT2D eigenvalue weighted by Crippen LogP contribution is 2.78. The summed E-state index contributed by atoms with van der Waals surface area (Å²) in [5, 5.41) is 22.8. The quantitative estimate of drug-likeness (QED) is 0.431. The van der Waals surface area contributed by atoms with Gasteiger partial charge in [-0.25, -0.2) is 0 Å². The van der Waals surface area contributed by atoms with Gasteiger partial charge in [0.15, 0.2) is 0 Å². The van der Waals surface area contributed by atoms with Crippen molar-refractivity contribution in [1.29, 1.82) is 0 Å². The van der Waals surface area contributed by atoms with Crippen LogP contribution in [-0.4, -0.2) is 21.8 Å². The van der Waals surface area contributed by atoms with Gasteiger partial charge in [0.25, 0.3) is 0 Å². The molecule has 0 saturated heterocycles. The maximum Gasteiger partial charge on any atom is 0.309 e. The second-order valence-corrected chi connectivity index (χ2v) is 14.6. The summed E-state index contributed by atoms with van der Waals surface area (Å²) in [6.07, 6.45) is 11.3. The van der Waals surface area contributed by atoms with E-state index >= 15 is 0 Å². The second-order valence-electron chi connectivity index (χ2n) is 14.6. The van der Waals surface area contributed by atoms with Crippen molar-refractivity contribution >= 4 is 5.97 Å². The van der Waals surface area contributed by atoms with E-state index in [0.29, 0.717) is 17.8 Å². The molecule has 5 rings (SSSR count). The predicted molar refractivity (Wildman–Crippen MR) is 133 cm³/mol. The van der Waals surface area contributed by atoms with Gasteiger partial charge in [-0.05, 0) is 111 Å². The Morgan fingerprint density at radius 3 is 2.12 bits per heavy atom. The molecule has 0 aromatic carbocycles. The number of carboxylic acids is 1. The Labute approximate surface area is 201 Å². The predicted octanol–water partition coefficient (Wildman–Crippen LogP) is 7.23. The van der Waals surface area contributed by atoms with Crippen molar-refractivity contribution in [2.45, 2.75) is 118 Å². The van der Waals surface area contributed by atoms with Crippen molar-refractivity contribution < 1.29 is 15.0 Å². The van der Waals surface area contributed by atoms with Gasteiger partial charge in [0, 0.05) is 5.41 Å². The van der Waals surface area contributed by atoms with E-state index in [2.05, 4.69) is 48.1 Å². The van der Waals surface area contributed by atoms with Crippen LogP contribution in [0.5, 0.6) is 0 Å². The van der Waals surface area contributed by atoms with Gasteiger partial charge in [-0.1, -0.05) is 53.2 Å². The Bertz CT molecular complexity index is 876. The summed E-state index contributed by atoms with van der Waals surface area (Å²) in [6, 6.07) is 0. The minimum Gasteiger partial charge on any atom is -0.481 e. The Hall–Kier alpha value is -0.830. The molecule has 5 saturated carbocycles. The third kappa shape index (κ3) is 2.59. The molecule has 0 aromatic heterocycles. The smallest absolute Gasteiger partial charge is 0.309 e. The average molecular weight is 457 g/mol. The Morgan fingerprint density at radius 2 is 1.48 bits per heavy atom. The maximum absolute atomic E-state index is 12.8. The Morgan fingerprint density at radius 1 is 0.818 bits per heavy atom. The minimum absolute atomic E-state index is 0.0411. The molecule has 0 radical (unpaired) electrons. The lowest BCUT2D eigenvalue weighted by molar-refractivity contribution is -0.295. The summed E-state index contributed by atoms with van der Waals surface area (Å²) in [5.74, 6) is 0.964. The van der Waals surface area contributed by atoms with Gasteiger partial charge in [0.1, 0.15) is 0 Å². The van der Waals surface area contributed by atoms with Crippen LogP contribution in [0.25, 0.3) is 0 Å². The molecule has 5 aliphatic rings. The summed E-state index contributed by atoms with van der Waals surface area (Å²) in [6.45, 7) is 18.6. The molecule has 186 valence electrons. The fourth-order valence-electron chi connectivity index (χ4n) is 11.4. The van der Waals surface area contributed by atoms with E-state index in [1.807, 2.05) is 0 Å². The van der Waals surface area contributed by atoms with Crippen molar-refractivity contribution in [1.82, 2.24) is 0 Å². The first-order chi connectivity index (χ1) is 15.2. The van der Waals surface area contributed by atoms with Crippen molar-refractivity contribution in [3.8, 4) is 0 Å². The molecule has 0 spiro atoms. The van der Waals surface area contributed by atoms with Gasteiger partial charge in [-0.2, -0.15) is 0 Å². The van der Waals surface area contributed by atoms with Gasteiger partial charge < -0.3 is 10.2 Å². The molecule has 0 aromatic rings. The fourth-order valence-corrected chi connectivity index (χ4v) is 11.4. The highest BCUT2D eigenvalue weighted by Gasteiger charge is 2.74. The van der Waals surface area contributed by atoms with Crippen molar-refractivity contribution in [2.75, 3.05) is 0 Å². The topological polar surface area (TPSA) is 57.5 Å². The van der Waals surface area contributed by atoms with Crippen molar-refractivity contribution in [2.24, 2.45) is 50.7 Å². The van der Waals surface area contributed by atoms with Crippen molar-refractivity contribution in [3.05, 3.63) is 12.2 Å². The van der Waals surface area contributed by atoms with Crippen LogP contribution >= 0.6 is 0 Å². The first-order valence-electron chi connectivity index (χ1n) is 13.8. The van der Waals surface area contributed by atoms with Gasteiger partial charge in [0.2, 0.25) is 0 Å². The molecule has 3 nitrogen and oxygen atoms in total. The lowest BCUT2D eigenvalue weighted by Crippen LogP contribution is -2.71. The SMILES string of the molecule is C=C(C)C1CCC2(C(=O)O)CCC3(C)C(CCC4C3(C)CCC3(O)C(C)(C)CCCC43C)C12. The molecule has 5 aliphatic carbocycles. The number of carboxylic acid groups (broad SMARTS) is 1. The number of carbonyl (C=O) groups is 1. The zero-order valence-corrected chi connectivity index (χ0v) is 22.1. The summed E-state index contributed by atoms with van der Waals surface area (Å²) in [4.78, 5) is 12.8. The van der Waals surface area contributed by atoms with Crippen LogP contribution in [0.4, 0.5) is 0 Å². The van der Waals surface area contributed by atoms with Crippen LogP contribution in [0.15, 0.2) is 12.2 Å². The van der Waals surface area contributed by atoms with Gasteiger partial charge in [-0.15, -0.1) is 0 Å². The van der Waals surface area contributed by atoms with Crippen LogP contribution in [0.1, 0.15) is 112 Å². The van der Waals surface area contributed by atoms with Crippen LogP contribution in [0.2, 0.25) is 0 Å². The summed E-state index contributed by atoms with van der Waals surface area (Å²) >= 11 is 0. The lowest BCUT2D eigenvalue weighted by Gasteiger charge is -2.74. The molecule has 3 heteroatoms.